The summed E-state index contributed by atoms with van der Waals surface area (Å²) in [5.74, 6) is -0.777. The summed E-state index contributed by atoms with van der Waals surface area (Å²) in [4.78, 5) is 31.0. The van der Waals surface area contributed by atoms with E-state index in [9.17, 15) is 14.7 Å². The lowest BCUT2D eigenvalue weighted by Gasteiger charge is -2.25. The van der Waals surface area contributed by atoms with E-state index in [0.29, 0.717) is 22.7 Å². The van der Waals surface area contributed by atoms with E-state index in [1.54, 1.807) is 19.2 Å². The quantitative estimate of drug-likeness (QED) is 0.833. The second-order valence-electron chi connectivity index (χ2n) is 6.88. The zero-order valence-corrected chi connectivity index (χ0v) is 16.3. The molecule has 146 valence electrons. The largest absolute Gasteiger partial charge is 0.497 e. The summed E-state index contributed by atoms with van der Waals surface area (Å²) >= 11 is 0. The van der Waals surface area contributed by atoms with Gasteiger partial charge in [0.25, 0.3) is 5.91 Å². The van der Waals surface area contributed by atoms with Gasteiger partial charge in [0.1, 0.15) is 18.3 Å². The minimum atomic E-state index is -1.07. The number of hydrogen-bond acceptors (Lipinski definition) is 4. The van der Waals surface area contributed by atoms with Crippen molar-refractivity contribution in [3.8, 4) is 5.75 Å². The maximum Gasteiger partial charge on any atom is 0.323 e. The van der Waals surface area contributed by atoms with E-state index >= 15 is 0 Å². The molecule has 28 heavy (non-hydrogen) atoms. The van der Waals surface area contributed by atoms with Gasteiger partial charge in [-0.25, -0.2) is 0 Å². The second-order valence-corrected chi connectivity index (χ2v) is 6.88. The van der Waals surface area contributed by atoms with Gasteiger partial charge in [-0.3, -0.25) is 19.5 Å². The molecule has 1 amide bonds. The molecular weight excluding hydrogens is 356 g/mol. The van der Waals surface area contributed by atoms with Crippen molar-refractivity contribution in [1.29, 1.82) is 0 Å². The molecule has 0 saturated heterocycles. The number of amides is 1. The number of fused-ring (bicyclic) bond motifs is 1. The monoisotopic (exact) mass is 380 g/mol. The normalized spacial score (nSPS) is 17.4. The number of aliphatic carboxylic acids is 1. The molecule has 1 aliphatic heterocycles. The molecule has 0 aliphatic carbocycles. The van der Waals surface area contributed by atoms with E-state index in [4.69, 9.17) is 9.73 Å². The van der Waals surface area contributed by atoms with Crippen LogP contribution < -0.4 is 9.64 Å². The van der Waals surface area contributed by atoms with Gasteiger partial charge in [0.05, 0.1) is 18.5 Å². The van der Waals surface area contributed by atoms with Gasteiger partial charge in [-0.05, 0) is 24.1 Å². The van der Waals surface area contributed by atoms with Crippen molar-refractivity contribution in [1.82, 2.24) is 0 Å². The van der Waals surface area contributed by atoms with Crippen LogP contribution in [0.5, 0.6) is 5.75 Å². The maximum absolute atomic E-state index is 13.3. The summed E-state index contributed by atoms with van der Waals surface area (Å²) in [6.07, 6.45) is 0.753. The first kappa shape index (κ1) is 19.6. The molecule has 1 N–H and O–H groups in total. The Morgan fingerprint density at radius 1 is 1.25 bits per heavy atom. The first-order chi connectivity index (χ1) is 13.5. The van der Waals surface area contributed by atoms with E-state index in [1.165, 1.54) is 4.90 Å². The number of anilines is 1. The predicted molar refractivity (Wildman–Crippen MR) is 108 cm³/mol. The molecular formula is C22H24N2O4. The van der Waals surface area contributed by atoms with Gasteiger partial charge in [0.15, 0.2) is 0 Å². The Bertz CT molecular complexity index is 908. The second kappa shape index (κ2) is 8.25. The highest BCUT2D eigenvalue weighted by Crippen LogP contribution is 2.33. The van der Waals surface area contributed by atoms with Crippen LogP contribution in [0.25, 0.3) is 0 Å². The number of nitrogens with zero attached hydrogens (tertiary/aromatic N) is 2. The Morgan fingerprint density at radius 2 is 1.96 bits per heavy atom. The van der Waals surface area contributed by atoms with Gasteiger partial charge >= 0.3 is 5.97 Å². The molecule has 0 aromatic heterocycles. The van der Waals surface area contributed by atoms with Gasteiger partial charge in [-0.1, -0.05) is 50.6 Å². The molecule has 0 radical (unpaired) electrons. The first-order valence-electron chi connectivity index (χ1n) is 9.31. The highest BCUT2D eigenvalue weighted by atomic mass is 16.5. The molecule has 0 spiro atoms. The molecule has 3 rings (SSSR count). The smallest absolute Gasteiger partial charge is 0.323 e. The van der Waals surface area contributed by atoms with Crippen LogP contribution in [0.4, 0.5) is 5.69 Å². The Kier molecular flexibility index (Phi) is 5.78. The molecule has 1 heterocycles. The predicted octanol–water partition coefficient (Wildman–Crippen LogP) is 3.38. The maximum atomic E-state index is 13.3. The lowest BCUT2D eigenvalue weighted by atomic mass is 9.98. The van der Waals surface area contributed by atoms with Crippen LogP contribution in [-0.4, -0.2) is 42.4 Å². The number of benzodiazepines with no additional fused rings is 1. The van der Waals surface area contributed by atoms with Gasteiger partial charge in [0.2, 0.25) is 0 Å². The molecule has 0 saturated carbocycles. The third-order valence-corrected chi connectivity index (χ3v) is 5.06. The summed E-state index contributed by atoms with van der Waals surface area (Å²) in [5, 5.41) is 9.41. The van der Waals surface area contributed by atoms with Crippen LogP contribution in [0.2, 0.25) is 0 Å². The third-order valence-electron chi connectivity index (χ3n) is 5.06. The van der Waals surface area contributed by atoms with Crippen molar-refractivity contribution in [2.45, 2.75) is 26.3 Å². The fourth-order valence-corrected chi connectivity index (χ4v) is 3.33. The van der Waals surface area contributed by atoms with Crippen LogP contribution >= 0.6 is 0 Å². The number of carbonyl (C=O) groups is 2. The van der Waals surface area contributed by atoms with Crippen LogP contribution in [0, 0.1) is 5.92 Å². The average Bonchev–Trinajstić information content (AvgIpc) is 2.82. The van der Waals surface area contributed by atoms with Crippen molar-refractivity contribution < 1.29 is 19.4 Å². The molecule has 2 aromatic rings. The number of carboxylic acid groups (broad SMARTS) is 1. The zero-order valence-electron chi connectivity index (χ0n) is 16.3. The molecule has 6 nitrogen and oxygen atoms in total. The standard InChI is InChI=1S/C22H24N2O4/c1-4-14(2)20-22(27)24(13-19(25)26)18-11-10-16(28-3)12-17(18)21(23-20)15-8-6-5-7-9-15/h5-12,14,20H,4,13H2,1-3H3,(H,25,26)/t14?,20-/m0/s1. The SMILES string of the molecule is CCC(C)[C@@H]1N=C(c2ccccc2)c2cc(OC)ccc2N(CC(=O)O)C1=O. The summed E-state index contributed by atoms with van der Waals surface area (Å²) in [7, 11) is 1.57. The number of aliphatic imine (C=N–C) groups is 1. The summed E-state index contributed by atoms with van der Waals surface area (Å²) in [6.45, 7) is 3.55. The summed E-state index contributed by atoms with van der Waals surface area (Å²) < 4.78 is 5.37. The number of carboxylic acids is 1. The number of benzene rings is 2. The summed E-state index contributed by atoms with van der Waals surface area (Å²) in [5.41, 5.74) is 2.75. The summed E-state index contributed by atoms with van der Waals surface area (Å²) in [6, 6.07) is 14.2. The average molecular weight is 380 g/mol. The fourth-order valence-electron chi connectivity index (χ4n) is 3.33. The van der Waals surface area contributed by atoms with E-state index in [1.807, 2.05) is 50.2 Å². The van der Waals surface area contributed by atoms with Crippen molar-refractivity contribution in [2.24, 2.45) is 10.9 Å². The van der Waals surface area contributed by atoms with Gasteiger partial charge in [0, 0.05) is 11.1 Å². The number of rotatable bonds is 6. The highest BCUT2D eigenvalue weighted by Gasteiger charge is 2.35. The minimum absolute atomic E-state index is 0.0290. The van der Waals surface area contributed by atoms with Gasteiger partial charge < -0.3 is 9.84 Å². The van der Waals surface area contributed by atoms with Crippen LogP contribution in [0.3, 0.4) is 0 Å². The van der Waals surface area contributed by atoms with Crippen LogP contribution in [0.1, 0.15) is 31.4 Å². The molecule has 0 fully saturated rings. The van der Waals surface area contributed by atoms with E-state index in [0.717, 1.165) is 12.0 Å². The van der Waals surface area contributed by atoms with Crippen molar-refractivity contribution >= 4 is 23.3 Å². The topological polar surface area (TPSA) is 79.2 Å². The Labute approximate surface area is 164 Å². The molecule has 0 bridgehead atoms. The van der Waals surface area contributed by atoms with Crippen molar-refractivity contribution in [3.63, 3.8) is 0 Å². The molecule has 2 atom stereocenters. The Morgan fingerprint density at radius 3 is 2.57 bits per heavy atom. The fraction of sp³-hybridized carbons (Fsp3) is 0.318. The van der Waals surface area contributed by atoms with E-state index in [-0.39, 0.29) is 11.8 Å². The lowest BCUT2D eigenvalue weighted by molar-refractivity contribution is -0.136. The minimum Gasteiger partial charge on any atom is -0.497 e. The van der Waals surface area contributed by atoms with Crippen molar-refractivity contribution in [3.05, 3.63) is 59.7 Å². The van der Waals surface area contributed by atoms with E-state index in [2.05, 4.69) is 0 Å². The number of ether oxygens (including phenoxy) is 1. The number of hydrogen-bond donors (Lipinski definition) is 1. The van der Waals surface area contributed by atoms with Gasteiger partial charge in [-0.15, -0.1) is 0 Å². The first-order valence-corrected chi connectivity index (χ1v) is 9.31. The zero-order chi connectivity index (χ0) is 20.3. The third kappa shape index (κ3) is 3.76. The van der Waals surface area contributed by atoms with Crippen LogP contribution in [-0.2, 0) is 9.59 Å². The lowest BCUT2D eigenvalue weighted by Crippen LogP contribution is -2.43. The number of carbonyl (C=O) groups excluding carboxylic acids is 1. The van der Waals surface area contributed by atoms with E-state index < -0.39 is 18.6 Å². The Hall–Kier alpha value is -3.15. The van der Waals surface area contributed by atoms with Gasteiger partial charge in [-0.2, -0.15) is 0 Å². The highest BCUT2D eigenvalue weighted by molar-refractivity contribution is 6.20. The number of methoxy groups -OCH3 is 1. The molecule has 1 unspecified atom stereocenters. The van der Waals surface area contributed by atoms with Crippen molar-refractivity contribution in [2.75, 3.05) is 18.6 Å². The molecule has 6 heteroatoms. The molecule has 2 aromatic carbocycles. The van der Waals surface area contributed by atoms with Crippen LogP contribution in [0.15, 0.2) is 53.5 Å². The molecule has 1 aliphatic rings. The Balaban J connectivity index is 2.28.